The Kier molecular flexibility index (Phi) is 11.2. The summed E-state index contributed by atoms with van der Waals surface area (Å²) in [4.78, 5) is 30.2. The molecule has 250 valence electrons. The smallest absolute Gasteiger partial charge is 0.255 e. The normalized spacial score (nSPS) is 14.3. The van der Waals surface area contributed by atoms with Crippen molar-refractivity contribution < 1.29 is 14.3 Å². The summed E-state index contributed by atoms with van der Waals surface area (Å²) in [5.74, 6) is 1.54. The number of fused-ring (bicyclic) bond motifs is 1. The van der Waals surface area contributed by atoms with Crippen LogP contribution in [0, 0.1) is 12.8 Å². The number of hydrogen-bond acceptors (Lipinski definition) is 10. The first-order valence-electron chi connectivity index (χ1n) is 16.1. The minimum atomic E-state index is -0.242. The van der Waals surface area contributed by atoms with Gasteiger partial charge in [-0.3, -0.25) is 4.79 Å². The lowest BCUT2D eigenvalue weighted by molar-refractivity contribution is 0.102. The number of benzene rings is 2. The van der Waals surface area contributed by atoms with Crippen LogP contribution in [-0.4, -0.2) is 72.5 Å². The number of piperidine rings is 1. The molecular formula is C36H47N7O3S. The van der Waals surface area contributed by atoms with E-state index in [0.29, 0.717) is 34.3 Å². The van der Waals surface area contributed by atoms with Gasteiger partial charge in [0.1, 0.15) is 11.8 Å². The monoisotopic (exact) mass is 657 g/mol. The number of methoxy groups -OCH3 is 2. The predicted molar refractivity (Wildman–Crippen MR) is 193 cm³/mol. The molecular weight excluding hydrogens is 611 g/mol. The van der Waals surface area contributed by atoms with E-state index in [4.69, 9.17) is 14.5 Å². The van der Waals surface area contributed by atoms with Crippen molar-refractivity contribution in [3.63, 3.8) is 0 Å². The Morgan fingerprint density at radius 1 is 1.02 bits per heavy atom. The molecule has 47 heavy (non-hydrogen) atoms. The third-order valence-corrected chi connectivity index (χ3v) is 9.15. The molecule has 0 spiro atoms. The van der Waals surface area contributed by atoms with Crippen LogP contribution in [0.5, 0.6) is 5.75 Å². The minimum absolute atomic E-state index is 0.128. The number of carbonyl (C=O) groups excluding carboxylic acids is 1. The molecule has 10 nitrogen and oxygen atoms in total. The second-order valence-corrected chi connectivity index (χ2v) is 13.8. The van der Waals surface area contributed by atoms with Crippen LogP contribution in [0.3, 0.4) is 0 Å². The van der Waals surface area contributed by atoms with Gasteiger partial charge in [0.25, 0.3) is 5.91 Å². The molecule has 1 saturated heterocycles. The summed E-state index contributed by atoms with van der Waals surface area (Å²) in [7, 11) is 3.37. The van der Waals surface area contributed by atoms with Crippen LogP contribution in [0.2, 0.25) is 0 Å². The molecule has 0 unspecified atom stereocenters. The van der Waals surface area contributed by atoms with Gasteiger partial charge in [0.05, 0.1) is 30.6 Å². The molecule has 11 heteroatoms. The number of rotatable bonds is 12. The first-order chi connectivity index (χ1) is 22.6. The maximum absolute atomic E-state index is 13.7. The van der Waals surface area contributed by atoms with E-state index in [0.717, 1.165) is 79.2 Å². The lowest BCUT2D eigenvalue weighted by Gasteiger charge is -2.31. The van der Waals surface area contributed by atoms with E-state index in [2.05, 4.69) is 63.1 Å². The second kappa shape index (κ2) is 15.3. The zero-order chi connectivity index (χ0) is 33.6. The zero-order valence-corrected chi connectivity index (χ0v) is 29.4. The van der Waals surface area contributed by atoms with Crippen LogP contribution in [0.1, 0.15) is 60.8 Å². The summed E-state index contributed by atoms with van der Waals surface area (Å²) in [6.07, 6.45) is 6.72. The first-order valence-corrected chi connectivity index (χ1v) is 17.3. The zero-order valence-electron chi connectivity index (χ0n) is 28.6. The Labute approximate surface area is 282 Å². The molecule has 3 heterocycles. The summed E-state index contributed by atoms with van der Waals surface area (Å²) in [5, 5.41) is 6.56. The van der Waals surface area contributed by atoms with Crippen molar-refractivity contribution in [1.82, 2.24) is 19.9 Å². The number of aryl methyl sites for hydroxylation is 1. The van der Waals surface area contributed by atoms with Gasteiger partial charge in [-0.1, -0.05) is 38.8 Å². The molecule has 2 aromatic heterocycles. The van der Waals surface area contributed by atoms with Gasteiger partial charge in [-0.2, -0.15) is 0 Å². The van der Waals surface area contributed by atoms with Crippen molar-refractivity contribution in [3.8, 4) is 5.75 Å². The van der Waals surface area contributed by atoms with Gasteiger partial charge in [-0.05, 0) is 98.1 Å². The van der Waals surface area contributed by atoms with E-state index >= 15 is 0 Å². The maximum atomic E-state index is 13.7. The Balaban J connectivity index is 1.36. The summed E-state index contributed by atoms with van der Waals surface area (Å²) in [5.41, 5.74) is 7.14. The Morgan fingerprint density at radius 3 is 2.49 bits per heavy atom. The van der Waals surface area contributed by atoms with Crippen molar-refractivity contribution in [3.05, 3.63) is 71.2 Å². The number of anilines is 4. The van der Waals surface area contributed by atoms with Crippen LogP contribution >= 0.6 is 11.9 Å². The molecule has 4 aromatic rings. The highest BCUT2D eigenvalue weighted by molar-refractivity contribution is 7.99. The highest BCUT2D eigenvalue weighted by Crippen LogP contribution is 2.40. The first kappa shape index (κ1) is 34.4. The fourth-order valence-corrected chi connectivity index (χ4v) is 6.27. The van der Waals surface area contributed by atoms with Gasteiger partial charge >= 0.3 is 0 Å². The van der Waals surface area contributed by atoms with E-state index < -0.39 is 0 Å². The molecule has 0 bridgehead atoms. The van der Waals surface area contributed by atoms with Gasteiger partial charge in [0.2, 0.25) is 0 Å². The molecule has 0 atom stereocenters. The molecule has 2 aromatic carbocycles. The molecule has 3 N–H and O–H groups in total. The molecule has 1 aliphatic rings. The van der Waals surface area contributed by atoms with Crippen LogP contribution in [-0.2, 0) is 16.6 Å². The maximum Gasteiger partial charge on any atom is 0.255 e. The number of nitrogens with one attached hydrogen (secondary N) is 3. The lowest BCUT2D eigenvalue weighted by atomic mass is 9.86. The third-order valence-electron chi connectivity index (χ3n) is 8.73. The van der Waals surface area contributed by atoms with Gasteiger partial charge in [0.15, 0.2) is 11.6 Å². The molecule has 0 aliphatic carbocycles. The number of likely N-dealkylation sites (tertiary alicyclic amines) is 1. The third kappa shape index (κ3) is 8.51. The minimum Gasteiger partial charge on any atom is -0.492 e. The van der Waals surface area contributed by atoms with E-state index in [1.165, 1.54) is 11.9 Å². The summed E-state index contributed by atoms with van der Waals surface area (Å²) in [6, 6.07) is 13.8. The van der Waals surface area contributed by atoms with E-state index in [1.807, 2.05) is 43.5 Å². The summed E-state index contributed by atoms with van der Waals surface area (Å²) >= 11 is 1.47. The lowest BCUT2D eigenvalue weighted by Crippen LogP contribution is -2.36. The van der Waals surface area contributed by atoms with Gasteiger partial charge in [-0.25, -0.2) is 15.0 Å². The predicted octanol–water partition coefficient (Wildman–Crippen LogP) is 7.23. The molecule has 0 saturated carbocycles. The number of aromatic nitrogens is 3. The largest absolute Gasteiger partial charge is 0.492 e. The number of hydrogen-bond donors (Lipinski definition) is 3. The van der Waals surface area contributed by atoms with Gasteiger partial charge in [-0.15, -0.1) is 0 Å². The molecule has 5 rings (SSSR count). The van der Waals surface area contributed by atoms with Crippen molar-refractivity contribution in [2.75, 3.05) is 62.1 Å². The number of nitrogens with zero attached hydrogens (tertiary/aromatic N) is 4. The van der Waals surface area contributed by atoms with Crippen LogP contribution in [0.4, 0.5) is 22.9 Å². The second-order valence-electron chi connectivity index (χ2n) is 13.1. The SMILES string of the molecule is COCCN1CCC(Cc2ccc3ncnc(Nc4cc(C(=O)Nc5cc(C(C)(C)C)cc(NSC)c5OC)ccc4C)c3n2)CC1. The van der Waals surface area contributed by atoms with Crippen molar-refractivity contribution in [2.24, 2.45) is 5.92 Å². The number of carbonyl (C=O) groups is 1. The average molecular weight is 658 g/mol. The standard InChI is InChI=1S/C36H47N7O3S/c1-23-8-9-25(35(44)41-30-20-26(36(2,3)4)21-31(42-47-7)33(30)46-6)19-29(23)40-34-32-28(37-22-38-34)11-10-27(39-32)18-24-12-14-43(15-13-24)16-17-45-5/h8-11,19-22,24,42H,12-18H2,1-7H3,(H,41,44)(H,37,38,40). The number of pyridine rings is 1. The van der Waals surface area contributed by atoms with Crippen molar-refractivity contribution >= 4 is 51.8 Å². The summed E-state index contributed by atoms with van der Waals surface area (Å²) < 4.78 is 14.3. The molecule has 1 amide bonds. The van der Waals surface area contributed by atoms with Crippen molar-refractivity contribution in [2.45, 2.75) is 52.4 Å². The average Bonchev–Trinajstić information content (AvgIpc) is 3.05. The van der Waals surface area contributed by atoms with E-state index in [9.17, 15) is 4.79 Å². The molecule has 1 fully saturated rings. The highest BCUT2D eigenvalue weighted by atomic mass is 32.2. The van der Waals surface area contributed by atoms with Crippen molar-refractivity contribution in [1.29, 1.82) is 0 Å². The Morgan fingerprint density at radius 2 is 1.79 bits per heavy atom. The van der Waals surface area contributed by atoms with Gasteiger partial charge < -0.3 is 29.7 Å². The van der Waals surface area contributed by atoms with Crippen LogP contribution in [0.25, 0.3) is 11.0 Å². The topological polar surface area (TPSA) is 114 Å². The Hall–Kier alpha value is -3.93. The van der Waals surface area contributed by atoms with E-state index in [-0.39, 0.29) is 11.3 Å². The Bertz CT molecular complexity index is 1700. The summed E-state index contributed by atoms with van der Waals surface area (Å²) in [6.45, 7) is 12.4. The number of amides is 1. The van der Waals surface area contributed by atoms with E-state index in [1.54, 1.807) is 20.5 Å². The fourth-order valence-electron chi connectivity index (χ4n) is 5.90. The van der Waals surface area contributed by atoms with Gasteiger partial charge in [0, 0.05) is 36.9 Å². The number of ether oxygens (including phenoxy) is 2. The van der Waals surface area contributed by atoms with Crippen LogP contribution in [0.15, 0.2) is 48.8 Å². The molecule has 0 radical (unpaired) electrons. The fraction of sp³-hybridized carbons (Fsp3) is 0.444. The molecule has 1 aliphatic heterocycles. The highest BCUT2D eigenvalue weighted by Gasteiger charge is 2.22. The van der Waals surface area contributed by atoms with Crippen LogP contribution < -0.4 is 20.1 Å². The quantitative estimate of drug-likeness (QED) is 0.135.